The van der Waals surface area contributed by atoms with Crippen molar-refractivity contribution in [1.29, 1.82) is 0 Å². The molecule has 0 saturated heterocycles. The Bertz CT molecular complexity index is 590. The molecule has 1 aliphatic rings. The van der Waals surface area contributed by atoms with Gasteiger partial charge in [0.15, 0.2) is 0 Å². The molecular formula is C17H20N2. The van der Waals surface area contributed by atoms with Gasteiger partial charge in [-0.2, -0.15) is 0 Å². The molecule has 0 amide bonds. The summed E-state index contributed by atoms with van der Waals surface area (Å²) in [4.78, 5) is 2.47. The molecule has 0 unspecified atom stereocenters. The predicted octanol–water partition coefficient (Wildman–Crippen LogP) is 3.53. The van der Waals surface area contributed by atoms with E-state index in [1.807, 2.05) is 6.07 Å². The quantitative estimate of drug-likeness (QED) is 0.828. The van der Waals surface area contributed by atoms with Gasteiger partial charge >= 0.3 is 0 Å². The zero-order chi connectivity index (χ0) is 13.2. The van der Waals surface area contributed by atoms with Gasteiger partial charge in [0, 0.05) is 24.5 Å². The number of anilines is 2. The van der Waals surface area contributed by atoms with Crippen molar-refractivity contribution in [1.82, 2.24) is 0 Å². The van der Waals surface area contributed by atoms with E-state index in [4.69, 9.17) is 5.73 Å². The van der Waals surface area contributed by atoms with Crippen molar-refractivity contribution in [3.05, 3.63) is 59.2 Å². The Kier molecular flexibility index (Phi) is 3.16. The van der Waals surface area contributed by atoms with Crippen LogP contribution in [-0.4, -0.2) is 6.54 Å². The molecule has 0 aliphatic carbocycles. The highest BCUT2D eigenvalue weighted by atomic mass is 15.1. The van der Waals surface area contributed by atoms with Crippen molar-refractivity contribution in [2.24, 2.45) is 0 Å². The van der Waals surface area contributed by atoms with Gasteiger partial charge in [0.1, 0.15) is 0 Å². The Morgan fingerprint density at radius 3 is 2.89 bits per heavy atom. The van der Waals surface area contributed by atoms with Crippen LogP contribution in [0.5, 0.6) is 0 Å². The molecular weight excluding hydrogens is 232 g/mol. The molecule has 0 spiro atoms. The Balaban J connectivity index is 1.90. The first kappa shape index (κ1) is 12.1. The fourth-order valence-corrected chi connectivity index (χ4v) is 2.84. The lowest BCUT2D eigenvalue weighted by molar-refractivity contribution is 0.690. The van der Waals surface area contributed by atoms with E-state index in [9.17, 15) is 0 Å². The molecule has 2 N–H and O–H groups in total. The van der Waals surface area contributed by atoms with Crippen LogP contribution in [0.25, 0.3) is 0 Å². The van der Waals surface area contributed by atoms with E-state index in [-0.39, 0.29) is 0 Å². The van der Waals surface area contributed by atoms with Crippen molar-refractivity contribution in [2.75, 3.05) is 17.2 Å². The molecule has 2 heteroatoms. The average Bonchev–Trinajstić information content (AvgIpc) is 2.43. The molecule has 2 aromatic carbocycles. The lowest BCUT2D eigenvalue weighted by Crippen LogP contribution is -2.29. The maximum absolute atomic E-state index is 5.91. The first-order valence-corrected chi connectivity index (χ1v) is 6.92. The van der Waals surface area contributed by atoms with Gasteiger partial charge in [0.25, 0.3) is 0 Å². The highest BCUT2D eigenvalue weighted by molar-refractivity contribution is 5.56. The molecule has 0 radical (unpaired) electrons. The zero-order valence-electron chi connectivity index (χ0n) is 11.4. The molecule has 3 rings (SSSR count). The fourth-order valence-electron chi connectivity index (χ4n) is 2.84. The molecule has 0 saturated carbocycles. The largest absolute Gasteiger partial charge is 0.399 e. The standard InChI is InChI=1S/C17H20N2/c1-13-8-9-16(18)11-15(13)12-19-10-4-6-14-5-2-3-7-17(14)19/h2-3,5,7-9,11H,4,6,10,12,18H2,1H3. The lowest BCUT2D eigenvalue weighted by Gasteiger charge is -2.31. The van der Waals surface area contributed by atoms with Crippen LogP contribution in [0.2, 0.25) is 0 Å². The number of benzene rings is 2. The van der Waals surface area contributed by atoms with Crippen LogP contribution in [0.3, 0.4) is 0 Å². The van der Waals surface area contributed by atoms with Gasteiger partial charge < -0.3 is 10.6 Å². The Morgan fingerprint density at radius 2 is 2.00 bits per heavy atom. The van der Waals surface area contributed by atoms with Crippen molar-refractivity contribution >= 4 is 11.4 Å². The third-order valence-corrected chi connectivity index (χ3v) is 3.94. The van der Waals surface area contributed by atoms with Crippen LogP contribution < -0.4 is 10.6 Å². The summed E-state index contributed by atoms with van der Waals surface area (Å²) in [6, 6.07) is 14.9. The molecule has 0 atom stereocenters. The maximum atomic E-state index is 5.91. The number of para-hydroxylation sites is 1. The van der Waals surface area contributed by atoms with E-state index in [1.165, 1.54) is 35.2 Å². The third kappa shape index (κ3) is 2.43. The number of nitrogens with two attached hydrogens (primary N) is 1. The van der Waals surface area contributed by atoms with E-state index in [0.29, 0.717) is 0 Å². The zero-order valence-corrected chi connectivity index (χ0v) is 11.4. The van der Waals surface area contributed by atoms with Crippen molar-refractivity contribution < 1.29 is 0 Å². The molecule has 0 fully saturated rings. The minimum absolute atomic E-state index is 0.853. The molecule has 19 heavy (non-hydrogen) atoms. The highest BCUT2D eigenvalue weighted by Gasteiger charge is 2.16. The summed E-state index contributed by atoms with van der Waals surface area (Å²) in [7, 11) is 0. The van der Waals surface area contributed by atoms with Gasteiger partial charge in [-0.15, -0.1) is 0 Å². The Labute approximate surface area is 114 Å². The summed E-state index contributed by atoms with van der Waals surface area (Å²) >= 11 is 0. The molecule has 2 nitrogen and oxygen atoms in total. The van der Waals surface area contributed by atoms with Gasteiger partial charge in [-0.3, -0.25) is 0 Å². The lowest BCUT2D eigenvalue weighted by atomic mass is 10.00. The summed E-state index contributed by atoms with van der Waals surface area (Å²) < 4.78 is 0. The van der Waals surface area contributed by atoms with Crippen LogP contribution in [0.4, 0.5) is 11.4 Å². The molecule has 1 heterocycles. The minimum atomic E-state index is 0.853. The summed E-state index contributed by atoms with van der Waals surface area (Å²) in [6.45, 7) is 4.24. The van der Waals surface area contributed by atoms with Gasteiger partial charge in [0.05, 0.1) is 0 Å². The van der Waals surface area contributed by atoms with E-state index < -0.39 is 0 Å². The first-order chi connectivity index (χ1) is 9.24. The van der Waals surface area contributed by atoms with Gasteiger partial charge in [0.2, 0.25) is 0 Å². The average molecular weight is 252 g/mol. The SMILES string of the molecule is Cc1ccc(N)cc1CN1CCCc2ccccc21. The van der Waals surface area contributed by atoms with Gasteiger partial charge in [-0.1, -0.05) is 24.3 Å². The summed E-state index contributed by atoms with van der Waals surface area (Å²) in [5.74, 6) is 0. The molecule has 0 aromatic heterocycles. The number of aryl methyl sites for hydroxylation is 2. The monoisotopic (exact) mass is 252 g/mol. The Hall–Kier alpha value is -1.96. The number of hydrogen-bond acceptors (Lipinski definition) is 2. The van der Waals surface area contributed by atoms with Gasteiger partial charge in [-0.05, 0) is 54.7 Å². The van der Waals surface area contributed by atoms with E-state index in [1.54, 1.807) is 0 Å². The number of nitrogen functional groups attached to an aromatic ring is 1. The van der Waals surface area contributed by atoms with Crippen molar-refractivity contribution in [2.45, 2.75) is 26.3 Å². The van der Waals surface area contributed by atoms with Crippen LogP contribution >= 0.6 is 0 Å². The molecule has 98 valence electrons. The number of nitrogens with zero attached hydrogens (tertiary/aromatic N) is 1. The smallest absolute Gasteiger partial charge is 0.0432 e. The van der Waals surface area contributed by atoms with Crippen molar-refractivity contribution in [3.8, 4) is 0 Å². The second-order valence-corrected chi connectivity index (χ2v) is 5.34. The topological polar surface area (TPSA) is 29.3 Å². The second-order valence-electron chi connectivity index (χ2n) is 5.34. The molecule has 0 bridgehead atoms. The predicted molar refractivity (Wildman–Crippen MR) is 81.4 cm³/mol. The fraction of sp³-hybridized carbons (Fsp3) is 0.294. The normalized spacial score (nSPS) is 14.3. The molecule has 2 aromatic rings. The molecule has 1 aliphatic heterocycles. The van der Waals surface area contributed by atoms with Crippen LogP contribution in [0.1, 0.15) is 23.1 Å². The summed E-state index contributed by atoms with van der Waals surface area (Å²) in [6.07, 6.45) is 2.43. The summed E-state index contributed by atoms with van der Waals surface area (Å²) in [5.41, 5.74) is 12.3. The number of hydrogen-bond donors (Lipinski definition) is 1. The summed E-state index contributed by atoms with van der Waals surface area (Å²) in [5, 5.41) is 0. The van der Waals surface area contributed by atoms with Crippen molar-refractivity contribution in [3.63, 3.8) is 0 Å². The number of fused-ring (bicyclic) bond motifs is 1. The second kappa shape index (κ2) is 4.96. The minimum Gasteiger partial charge on any atom is -0.399 e. The highest BCUT2D eigenvalue weighted by Crippen LogP contribution is 2.28. The van der Waals surface area contributed by atoms with Crippen LogP contribution in [0.15, 0.2) is 42.5 Å². The maximum Gasteiger partial charge on any atom is 0.0432 e. The van der Waals surface area contributed by atoms with E-state index in [0.717, 1.165) is 18.8 Å². The first-order valence-electron chi connectivity index (χ1n) is 6.92. The number of rotatable bonds is 2. The van der Waals surface area contributed by atoms with E-state index >= 15 is 0 Å². The van der Waals surface area contributed by atoms with Crippen LogP contribution in [0, 0.1) is 6.92 Å². The van der Waals surface area contributed by atoms with E-state index in [2.05, 4.69) is 48.2 Å². The van der Waals surface area contributed by atoms with Gasteiger partial charge in [-0.25, -0.2) is 0 Å². The Morgan fingerprint density at radius 1 is 1.16 bits per heavy atom. The van der Waals surface area contributed by atoms with Crippen LogP contribution in [-0.2, 0) is 13.0 Å². The third-order valence-electron chi connectivity index (χ3n) is 3.94.